The highest BCUT2D eigenvalue weighted by atomic mass is 16.5. The topological polar surface area (TPSA) is 127 Å². The van der Waals surface area contributed by atoms with Crippen LogP contribution >= 0.6 is 0 Å². The third kappa shape index (κ3) is 5.55. The zero-order valence-electron chi connectivity index (χ0n) is 25.3. The van der Waals surface area contributed by atoms with Crippen molar-refractivity contribution in [3.05, 3.63) is 90.4 Å². The Morgan fingerprint density at radius 3 is 2.69 bits per heavy atom. The molecule has 0 saturated carbocycles. The Bertz CT molecular complexity index is 1990. The Hall–Kier alpha value is -5.36. The summed E-state index contributed by atoms with van der Waals surface area (Å²) in [6.45, 7) is 4.59. The van der Waals surface area contributed by atoms with Gasteiger partial charge in [0.2, 0.25) is 11.8 Å². The lowest BCUT2D eigenvalue weighted by atomic mass is 10.1. The molecule has 228 valence electrons. The van der Waals surface area contributed by atoms with E-state index in [1.54, 1.807) is 32.8 Å². The number of aryl methyl sites for hydroxylation is 1. The number of nitrogens with one attached hydrogen (secondary N) is 1. The maximum atomic E-state index is 14.1. The number of benzene rings is 2. The molecule has 4 aromatic heterocycles. The fourth-order valence-electron chi connectivity index (χ4n) is 6.05. The number of H-pyrrole nitrogens is 1. The second-order valence-corrected chi connectivity index (χ2v) is 11.1. The fraction of sp³-hybridized carbons (Fsp3) is 0.273. The van der Waals surface area contributed by atoms with Crippen LogP contribution in [0.3, 0.4) is 0 Å². The standard InChI is InChI=1S/C33H33N9O3/c1-21-37-27-9-8-24(44-2)15-29(27)42(21)20-31(43)41-13-12-40(18-22-10-11-35-36-16-22)19-30(41)32-34-17-28(38-32)25-14-23-6-4-5-7-26(23)39-33(25)45-3/h4-11,14-17,30H,12-13,18-20H2,1-3H3,(H,34,38)/t30-/m0/s1. The Morgan fingerprint density at radius 1 is 0.978 bits per heavy atom. The van der Waals surface area contributed by atoms with Crippen molar-refractivity contribution in [1.82, 2.24) is 44.5 Å². The molecule has 1 aliphatic heterocycles. The largest absolute Gasteiger partial charge is 0.497 e. The summed E-state index contributed by atoms with van der Waals surface area (Å²) in [5.41, 5.74) is 5.16. The van der Waals surface area contributed by atoms with Crippen LogP contribution in [-0.2, 0) is 17.9 Å². The van der Waals surface area contributed by atoms with E-state index in [0.717, 1.165) is 50.3 Å². The van der Waals surface area contributed by atoms with Gasteiger partial charge in [0.05, 0.1) is 54.4 Å². The number of imidazole rings is 2. The molecule has 1 fully saturated rings. The number of carbonyl (C=O) groups excluding carboxylic acids is 1. The number of pyridine rings is 1. The normalized spacial score (nSPS) is 15.5. The lowest BCUT2D eigenvalue weighted by Gasteiger charge is -2.40. The molecule has 0 aliphatic carbocycles. The van der Waals surface area contributed by atoms with Crippen LogP contribution in [0.15, 0.2) is 73.2 Å². The molecule has 0 unspecified atom stereocenters. The lowest BCUT2D eigenvalue weighted by molar-refractivity contribution is -0.137. The summed E-state index contributed by atoms with van der Waals surface area (Å²) in [4.78, 5) is 36.1. The molecule has 2 aromatic carbocycles. The number of methoxy groups -OCH3 is 2. The van der Waals surface area contributed by atoms with E-state index in [-0.39, 0.29) is 18.5 Å². The lowest BCUT2D eigenvalue weighted by Crippen LogP contribution is -2.51. The van der Waals surface area contributed by atoms with E-state index in [2.05, 4.69) is 25.1 Å². The molecule has 1 atom stereocenters. The molecule has 0 radical (unpaired) electrons. The number of hydrogen-bond acceptors (Lipinski definition) is 9. The van der Waals surface area contributed by atoms with Crippen LogP contribution < -0.4 is 9.47 Å². The molecule has 45 heavy (non-hydrogen) atoms. The molecule has 12 heteroatoms. The quantitative estimate of drug-likeness (QED) is 0.273. The van der Waals surface area contributed by atoms with E-state index in [0.29, 0.717) is 37.9 Å². The third-order valence-corrected chi connectivity index (χ3v) is 8.36. The molecular formula is C33H33N9O3. The molecule has 1 amide bonds. The second-order valence-electron chi connectivity index (χ2n) is 11.1. The zero-order chi connectivity index (χ0) is 30.9. The number of hydrogen-bond donors (Lipinski definition) is 1. The Labute approximate surface area is 259 Å². The van der Waals surface area contributed by atoms with Crippen molar-refractivity contribution in [2.75, 3.05) is 33.9 Å². The van der Waals surface area contributed by atoms with Gasteiger partial charge in [0.15, 0.2) is 0 Å². The first-order valence-electron chi connectivity index (χ1n) is 14.8. The minimum absolute atomic E-state index is 0.0154. The SMILES string of the molecule is COc1ccc2nc(C)n(CC(=O)N3CCN(Cc4ccnnc4)C[C@H]3c3ncc(-c4cc5ccccc5nc4OC)[nH]3)c2c1. The van der Waals surface area contributed by atoms with Crippen LogP contribution in [0.2, 0.25) is 0 Å². The first kappa shape index (κ1) is 28.4. The van der Waals surface area contributed by atoms with Gasteiger partial charge in [-0.3, -0.25) is 9.69 Å². The number of ether oxygens (including phenoxy) is 2. The first-order valence-corrected chi connectivity index (χ1v) is 14.8. The van der Waals surface area contributed by atoms with Crippen molar-refractivity contribution < 1.29 is 14.3 Å². The number of piperazine rings is 1. The van der Waals surface area contributed by atoms with E-state index in [9.17, 15) is 4.79 Å². The molecule has 0 spiro atoms. The molecule has 1 saturated heterocycles. The molecule has 1 N–H and O–H groups in total. The average molecular weight is 604 g/mol. The van der Waals surface area contributed by atoms with Gasteiger partial charge >= 0.3 is 0 Å². The molecule has 0 bridgehead atoms. The summed E-state index contributed by atoms with van der Waals surface area (Å²) in [7, 11) is 3.25. The summed E-state index contributed by atoms with van der Waals surface area (Å²) in [6.07, 6.45) is 5.26. The highest BCUT2D eigenvalue weighted by Gasteiger charge is 2.34. The number of aromatic amines is 1. The smallest absolute Gasteiger partial charge is 0.243 e. The van der Waals surface area contributed by atoms with Gasteiger partial charge in [0.1, 0.15) is 30.0 Å². The summed E-state index contributed by atoms with van der Waals surface area (Å²) in [5, 5.41) is 8.94. The Balaban J connectivity index is 1.22. The van der Waals surface area contributed by atoms with Crippen LogP contribution in [0, 0.1) is 6.92 Å². The summed E-state index contributed by atoms with van der Waals surface area (Å²) >= 11 is 0. The maximum absolute atomic E-state index is 14.1. The van der Waals surface area contributed by atoms with Gasteiger partial charge in [-0.1, -0.05) is 18.2 Å². The first-order chi connectivity index (χ1) is 22.0. The van der Waals surface area contributed by atoms with Crippen molar-refractivity contribution in [1.29, 1.82) is 0 Å². The molecule has 6 aromatic rings. The van der Waals surface area contributed by atoms with Crippen molar-refractivity contribution in [2.45, 2.75) is 26.1 Å². The van der Waals surface area contributed by atoms with Crippen molar-refractivity contribution in [3.63, 3.8) is 0 Å². The van der Waals surface area contributed by atoms with E-state index in [1.807, 2.05) is 71.0 Å². The summed E-state index contributed by atoms with van der Waals surface area (Å²) in [6, 6.07) is 17.3. The van der Waals surface area contributed by atoms with Gasteiger partial charge in [-0.05, 0) is 42.8 Å². The zero-order valence-corrected chi connectivity index (χ0v) is 25.3. The minimum atomic E-state index is -0.321. The van der Waals surface area contributed by atoms with Gasteiger partial charge < -0.3 is 23.9 Å². The van der Waals surface area contributed by atoms with Gasteiger partial charge in [-0.15, -0.1) is 0 Å². The van der Waals surface area contributed by atoms with Crippen LogP contribution in [0.4, 0.5) is 0 Å². The second kappa shape index (κ2) is 12.0. The highest BCUT2D eigenvalue weighted by Crippen LogP contribution is 2.33. The van der Waals surface area contributed by atoms with Gasteiger partial charge in [0.25, 0.3) is 0 Å². The Morgan fingerprint density at radius 2 is 1.87 bits per heavy atom. The molecule has 5 heterocycles. The summed E-state index contributed by atoms with van der Waals surface area (Å²) in [5.74, 6) is 2.67. The minimum Gasteiger partial charge on any atom is -0.497 e. The van der Waals surface area contributed by atoms with Crippen molar-refractivity contribution in [2.24, 2.45) is 0 Å². The maximum Gasteiger partial charge on any atom is 0.243 e. The highest BCUT2D eigenvalue weighted by molar-refractivity contribution is 5.85. The number of amides is 1. The van der Waals surface area contributed by atoms with E-state index in [4.69, 9.17) is 19.4 Å². The van der Waals surface area contributed by atoms with E-state index >= 15 is 0 Å². The number of aromatic nitrogens is 7. The number of rotatable bonds is 8. The predicted octanol–water partition coefficient (Wildman–Crippen LogP) is 4.18. The third-order valence-electron chi connectivity index (χ3n) is 8.36. The van der Waals surface area contributed by atoms with Gasteiger partial charge in [-0.2, -0.15) is 10.2 Å². The number of carbonyl (C=O) groups is 1. The number of para-hydroxylation sites is 1. The van der Waals surface area contributed by atoms with Crippen molar-refractivity contribution >= 4 is 27.8 Å². The molecular weight excluding hydrogens is 570 g/mol. The predicted molar refractivity (Wildman–Crippen MR) is 169 cm³/mol. The van der Waals surface area contributed by atoms with E-state index < -0.39 is 0 Å². The fourth-order valence-corrected chi connectivity index (χ4v) is 6.05. The molecule has 1 aliphatic rings. The van der Waals surface area contributed by atoms with E-state index in [1.165, 1.54) is 0 Å². The molecule has 12 nitrogen and oxygen atoms in total. The van der Waals surface area contributed by atoms with Gasteiger partial charge in [-0.25, -0.2) is 15.0 Å². The molecule has 7 rings (SSSR count). The van der Waals surface area contributed by atoms with Gasteiger partial charge in [0, 0.05) is 43.8 Å². The number of nitrogens with zero attached hydrogens (tertiary/aromatic N) is 8. The monoisotopic (exact) mass is 603 g/mol. The average Bonchev–Trinajstić information content (AvgIpc) is 3.68. The van der Waals surface area contributed by atoms with Crippen LogP contribution in [0.1, 0.15) is 23.3 Å². The number of fused-ring (bicyclic) bond motifs is 2. The van der Waals surface area contributed by atoms with Crippen LogP contribution in [-0.4, -0.2) is 84.3 Å². The summed E-state index contributed by atoms with van der Waals surface area (Å²) < 4.78 is 13.1. The van der Waals surface area contributed by atoms with Crippen LogP contribution in [0.5, 0.6) is 11.6 Å². The van der Waals surface area contributed by atoms with Crippen molar-refractivity contribution in [3.8, 4) is 22.9 Å². The van der Waals surface area contributed by atoms with Crippen LogP contribution in [0.25, 0.3) is 33.2 Å². The Kier molecular flexibility index (Phi) is 7.55.